The van der Waals surface area contributed by atoms with Crippen molar-refractivity contribution in [3.05, 3.63) is 29.8 Å². The summed E-state index contributed by atoms with van der Waals surface area (Å²) >= 11 is 0. The van der Waals surface area contributed by atoms with Crippen LogP contribution in [0.15, 0.2) is 24.3 Å². The molecule has 0 radical (unpaired) electrons. The Morgan fingerprint density at radius 1 is 1.32 bits per heavy atom. The third-order valence-electron chi connectivity index (χ3n) is 3.21. The lowest BCUT2D eigenvalue weighted by Gasteiger charge is -2.10. The Morgan fingerprint density at radius 2 is 2.26 bits per heavy atom. The van der Waals surface area contributed by atoms with Crippen molar-refractivity contribution in [3.63, 3.8) is 0 Å². The molecule has 1 aliphatic rings. The maximum Gasteiger partial charge on any atom is 0.119 e. The van der Waals surface area contributed by atoms with Gasteiger partial charge in [-0.05, 0) is 24.1 Å². The molecule has 4 nitrogen and oxygen atoms in total. The van der Waals surface area contributed by atoms with Gasteiger partial charge in [0.1, 0.15) is 5.75 Å². The molecule has 0 saturated carbocycles. The molecule has 1 fully saturated rings. The van der Waals surface area contributed by atoms with Crippen LogP contribution in [-0.4, -0.2) is 33.0 Å². The quantitative estimate of drug-likeness (QED) is 0.730. The Hall–Kier alpha value is -1.10. The van der Waals surface area contributed by atoms with E-state index >= 15 is 0 Å². The van der Waals surface area contributed by atoms with E-state index in [1.54, 1.807) is 0 Å². The molecule has 1 aliphatic heterocycles. The molecule has 0 aromatic heterocycles. The zero-order chi connectivity index (χ0) is 13.3. The van der Waals surface area contributed by atoms with Gasteiger partial charge in [0, 0.05) is 32.1 Å². The van der Waals surface area contributed by atoms with Crippen molar-refractivity contribution in [2.75, 3.05) is 33.0 Å². The van der Waals surface area contributed by atoms with Gasteiger partial charge < -0.3 is 19.9 Å². The van der Waals surface area contributed by atoms with Crippen LogP contribution in [0.3, 0.4) is 0 Å². The van der Waals surface area contributed by atoms with E-state index in [0.29, 0.717) is 19.1 Å². The minimum absolute atomic E-state index is 0.545. The predicted molar refractivity (Wildman–Crippen MR) is 74.2 cm³/mol. The number of benzene rings is 1. The average Bonchev–Trinajstić information content (AvgIpc) is 2.96. The van der Waals surface area contributed by atoms with Crippen molar-refractivity contribution in [1.29, 1.82) is 0 Å². The normalized spacial score (nSPS) is 18.7. The van der Waals surface area contributed by atoms with E-state index in [1.165, 1.54) is 0 Å². The molecule has 2 rings (SSSR count). The molecule has 1 atom stereocenters. The largest absolute Gasteiger partial charge is 0.493 e. The third kappa shape index (κ3) is 5.19. The summed E-state index contributed by atoms with van der Waals surface area (Å²) in [5.74, 6) is 1.47. The Bertz CT molecular complexity index is 364. The molecule has 19 heavy (non-hydrogen) atoms. The molecule has 0 amide bonds. The Kier molecular flexibility index (Phi) is 6.14. The summed E-state index contributed by atoms with van der Waals surface area (Å²) in [6, 6.07) is 7.90. The second-order valence-electron chi connectivity index (χ2n) is 4.86. The van der Waals surface area contributed by atoms with Crippen molar-refractivity contribution in [2.24, 2.45) is 11.7 Å². The van der Waals surface area contributed by atoms with Gasteiger partial charge in [0.15, 0.2) is 0 Å². The van der Waals surface area contributed by atoms with E-state index in [0.717, 1.165) is 50.6 Å². The summed E-state index contributed by atoms with van der Waals surface area (Å²) in [6.45, 7) is 4.51. The second-order valence-corrected chi connectivity index (χ2v) is 4.86. The van der Waals surface area contributed by atoms with Crippen LogP contribution in [-0.2, 0) is 16.0 Å². The van der Waals surface area contributed by atoms with Crippen LogP contribution >= 0.6 is 0 Å². The zero-order valence-electron chi connectivity index (χ0n) is 11.3. The van der Waals surface area contributed by atoms with Crippen LogP contribution in [0.4, 0.5) is 0 Å². The van der Waals surface area contributed by atoms with E-state index in [-0.39, 0.29) is 0 Å². The van der Waals surface area contributed by atoms with Gasteiger partial charge in [0.25, 0.3) is 0 Å². The van der Waals surface area contributed by atoms with E-state index in [1.807, 2.05) is 24.3 Å². The number of hydrogen-bond acceptors (Lipinski definition) is 4. The first-order valence-electron chi connectivity index (χ1n) is 6.96. The predicted octanol–water partition coefficient (Wildman–Crippen LogP) is 1.97. The van der Waals surface area contributed by atoms with E-state index in [9.17, 15) is 0 Å². The van der Waals surface area contributed by atoms with E-state index in [4.69, 9.17) is 19.9 Å². The summed E-state index contributed by atoms with van der Waals surface area (Å²) in [5, 5.41) is 0. The fraction of sp³-hybridized carbons (Fsp3) is 0.600. The summed E-state index contributed by atoms with van der Waals surface area (Å²) in [7, 11) is 0. The van der Waals surface area contributed by atoms with Gasteiger partial charge in [-0.1, -0.05) is 12.1 Å². The number of ether oxygens (including phenoxy) is 3. The molecular weight excluding hydrogens is 242 g/mol. The van der Waals surface area contributed by atoms with E-state index < -0.39 is 0 Å². The smallest absolute Gasteiger partial charge is 0.119 e. The lowest BCUT2D eigenvalue weighted by molar-refractivity contribution is 0.0814. The van der Waals surface area contributed by atoms with Crippen LogP contribution in [0.5, 0.6) is 5.75 Å². The molecule has 1 heterocycles. The molecule has 1 aromatic carbocycles. The Labute approximate surface area is 114 Å². The highest BCUT2D eigenvalue weighted by Gasteiger charge is 2.15. The van der Waals surface area contributed by atoms with Gasteiger partial charge in [-0.15, -0.1) is 0 Å². The third-order valence-corrected chi connectivity index (χ3v) is 3.21. The second kappa shape index (κ2) is 8.15. The molecule has 0 bridgehead atoms. The van der Waals surface area contributed by atoms with Crippen molar-refractivity contribution in [3.8, 4) is 5.75 Å². The van der Waals surface area contributed by atoms with Crippen LogP contribution < -0.4 is 10.5 Å². The molecule has 2 N–H and O–H groups in total. The summed E-state index contributed by atoms with van der Waals surface area (Å²) in [5.41, 5.74) is 6.68. The van der Waals surface area contributed by atoms with Gasteiger partial charge in [0.05, 0.1) is 19.8 Å². The van der Waals surface area contributed by atoms with Gasteiger partial charge in [-0.3, -0.25) is 0 Å². The molecular formula is C15H23NO3. The first kappa shape index (κ1) is 14.3. The standard InChI is InChI=1S/C15H23NO3/c16-10-13-3-1-4-15(9-13)19-7-2-6-17-11-14-5-8-18-12-14/h1,3-4,9,14H,2,5-8,10-12,16H2. The molecule has 4 heteroatoms. The maximum absolute atomic E-state index is 5.66. The lowest BCUT2D eigenvalue weighted by atomic mass is 10.1. The summed E-state index contributed by atoms with van der Waals surface area (Å²) in [4.78, 5) is 0. The van der Waals surface area contributed by atoms with Crippen LogP contribution in [0.2, 0.25) is 0 Å². The highest BCUT2D eigenvalue weighted by molar-refractivity contribution is 5.28. The van der Waals surface area contributed by atoms with Gasteiger partial charge in [-0.25, -0.2) is 0 Å². The Morgan fingerprint density at radius 3 is 3.05 bits per heavy atom. The summed E-state index contributed by atoms with van der Waals surface area (Å²) in [6.07, 6.45) is 2.03. The maximum atomic E-state index is 5.66. The first-order chi connectivity index (χ1) is 9.38. The Balaban J connectivity index is 1.53. The highest BCUT2D eigenvalue weighted by atomic mass is 16.5. The summed E-state index contributed by atoms with van der Waals surface area (Å²) < 4.78 is 16.6. The molecule has 1 unspecified atom stereocenters. The van der Waals surface area contributed by atoms with E-state index in [2.05, 4.69) is 0 Å². The molecule has 1 aromatic rings. The highest BCUT2D eigenvalue weighted by Crippen LogP contribution is 2.14. The molecule has 0 spiro atoms. The fourth-order valence-corrected chi connectivity index (χ4v) is 2.08. The van der Waals surface area contributed by atoms with Crippen LogP contribution in [0.25, 0.3) is 0 Å². The molecule has 0 aliphatic carbocycles. The van der Waals surface area contributed by atoms with Crippen LogP contribution in [0.1, 0.15) is 18.4 Å². The van der Waals surface area contributed by atoms with Crippen LogP contribution in [0, 0.1) is 5.92 Å². The van der Waals surface area contributed by atoms with Crippen molar-refractivity contribution >= 4 is 0 Å². The zero-order valence-corrected chi connectivity index (χ0v) is 11.3. The fourth-order valence-electron chi connectivity index (χ4n) is 2.08. The number of rotatable bonds is 8. The van der Waals surface area contributed by atoms with Gasteiger partial charge in [0.2, 0.25) is 0 Å². The minimum atomic E-state index is 0.545. The van der Waals surface area contributed by atoms with Crippen molar-refractivity contribution in [2.45, 2.75) is 19.4 Å². The monoisotopic (exact) mass is 265 g/mol. The average molecular weight is 265 g/mol. The minimum Gasteiger partial charge on any atom is -0.493 e. The SMILES string of the molecule is NCc1cccc(OCCCOCC2CCOC2)c1. The van der Waals surface area contributed by atoms with Gasteiger partial charge in [-0.2, -0.15) is 0 Å². The number of nitrogens with two attached hydrogens (primary N) is 1. The topological polar surface area (TPSA) is 53.7 Å². The molecule has 1 saturated heterocycles. The van der Waals surface area contributed by atoms with Crippen molar-refractivity contribution < 1.29 is 14.2 Å². The van der Waals surface area contributed by atoms with Gasteiger partial charge >= 0.3 is 0 Å². The number of hydrogen-bond donors (Lipinski definition) is 1. The lowest BCUT2D eigenvalue weighted by Crippen LogP contribution is -2.11. The molecule has 106 valence electrons. The first-order valence-corrected chi connectivity index (χ1v) is 6.96. The van der Waals surface area contributed by atoms with Crippen molar-refractivity contribution in [1.82, 2.24) is 0 Å².